The van der Waals surface area contributed by atoms with Crippen molar-refractivity contribution in [1.82, 2.24) is 0 Å². The summed E-state index contributed by atoms with van der Waals surface area (Å²) in [5.41, 5.74) is 3.04. The van der Waals surface area contributed by atoms with Gasteiger partial charge in [0.1, 0.15) is 5.75 Å². The summed E-state index contributed by atoms with van der Waals surface area (Å²) in [4.78, 5) is 0. The smallest absolute Gasteiger partial charge is 0.372 e. The van der Waals surface area contributed by atoms with Gasteiger partial charge in [-0.05, 0) is 46.9 Å². The van der Waals surface area contributed by atoms with Crippen LogP contribution in [-0.4, -0.2) is 0 Å². The van der Waals surface area contributed by atoms with Gasteiger partial charge in [0.25, 0.3) is 0 Å². The van der Waals surface area contributed by atoms with Gasteiger partial charge < -0.3 is 9.61 Å². The average Bonchev–Trinajstić information content (AvgIpc) is 2.79. The zero-order chi connectivity index (χ0) is 20.6. The van der Waals surface area contributed by atoms with Gasteiger partial charge in [-0.2, -0.15) is 5.26 Å². The van der Waals surface area contributed by atoms with Gasteiger partial charge in [-0.1, -0.05) is 66.7 Å². The molecular weight excluding hydrogens is 391 g/mol. The molecule has 30 heavy (non-hydrogen) atoms. The summed E-state index contributed by atoms with van der Waals surface area (Å²) in [6.07, 6.45) is 1.92. The van der Waals surface area contributed by atoms with Crippen molar-refractivity contribution in [3.8, 4) is 11.8 Å². The minimum atomic E-state index is -3.50. The number of fused-ring (bicyclic) bond motifs is 3. The summed E-state index contributed by atoms with van der Waals surface area (Å²) in [7, 11) is -3.50. The Morgan fingerprint density at radius 2 is 1.57 bits per heavy atom. The van der Waals surface area contributed by atoms with Gasteiger partial charge in [0.2, 0.25) is 0 Å². The number of anilines is 1. The summed E-state index contributed by atoms with van der Waals surface area (Å²) in [5.74, 6) is 0.525. The van der Waals surface area contributed by atoms with Crippen LogP contribution in [0.5, 0.6) is 5.75 Å². The van der Waals surface area contributed by atoms with Crippen LogP contribution in [0, 0.1) is 11.3 Å². The Morgan fingerprint density at radius 3 is 2.33 bits per heavy atom. The molecule has 0 saturated carbocycles. The summed E-state index contributed by atoms with van der Waals surface area (Å²) in [6.45, 7) is 0. The lowest BCUT2D eigenvalue weighted by Crippen LogP contribution is -2.11. The summed E-state index contributed by atoms with van der Waals surface area (Å²) in [5, 5.41) is 15.0. The van der Waals surface area contributed by atoms with Crippen LogP contribution >= 0.6 is 7.52 Å². The third kappa shape index (κ3) is 3.16. The highest BCUT2D eigenvalue weighted by atomic mass is 31.2. The molecule has 144 valence electrons. The van der Waals surface area contributed by atoms with Gasteiger partial charge in [0.15, 0.2) is 0 Å². The van der Waals surface area contributed by atoms with E-state index in [0.29, 0.717) is 16.6 Å². The Balaban J connectivity index is 1.71. The van der Waals surface area contributed by atoms with Crippen LogP contribution in [0.3, 0.4) is 0 Å². The first kappa shape index (κ1) is 18.2. The van der Waals surface area contributed by atoms with Crippen LogP contribution in [-0.2, 0) is 4.57 Å². The second-order valence-electron chi connectivity index (χ2n) is 7.04. The number of nitriles is 1. The van der Waals surface area contributed by atoms with E-state index in [1.807, 2.05) is 54.6 Å². The molecular formula is C25H17N2O2P. The summed E-state index contributed by atoms with van der Waals surface area (Å²) in [6, 6.07) is 30.4. The fourth-order valence-corrected chi connectivity index (χ4v) is 5.67. The van der Waals surface area contributed by atoms with Crippen molar-refractivity contribution in [2.45, 2.75) is 0 Å². The fourth-order valence-electron chi connectivity index (χ4n) is 3.64. The molecule has 0 radical (unpaired) electrons. The van der Waals surface area contributed by atoms with Gasteiger partial charge in [0, 0.05) is 5.39 Å². The van der Waals surface area contributed by atoms with E-state index in [1.165, 1.54) is 0 Å². The van der Waals surface area contributed by atoms with Crippen molar-refractivity contribution in [2.24, 2.45) is 0 Å². The second kappa shape index (κ2) is 7.22. The number of nitrogens with zero attached hydrogens (tertiary/aromatic N) is 1. The molecule has 0 aromatic heterocycles. The Morgan fingerprint density at radius 1 is 0.833 bits per heavy atom. The van der Waals surface area contributed by atoms with Crippen molar-refractivity contribution < 1.29 is 9.09 Å². The molecule has 0 spiro atoms. The highest BCUT2D eigenvalue weighted by molar-refractivity contribution is 7.72. The molecule has 0 fully saturated rings. The van der Waals surface area contributed by atoms with E-state index in [4.69, 9.17) is 9.79 Å². The van der Waals surface area contributed by atoms with Crippen molar-refractivity contribution in [3.63, 3.8) is 0 Å². The highest BCUT2D eigenvalue weighted by Crippen LogP contribution is 2.62. The van der Waals surface area contributed by atoms with E-state index >= 15 is 0 Å². The number of para-hydroxylation sites is 1. The molecule has 1 N–H and O–H groups in total. The zero-order valence-corrected chi connectivity index (χ0v) is 16.8. The molecule has 0 aliphatic carbocycles. The Hall–Kier alpha value is -3.80. The normalized spacial score (nSPS) is 17.4. The number of rotatable bonds is 3. The molecule has 1 aliphatic rings. The zero-order valence-electron chi connectivity index (χ0n) is 15.9. The van der Waals surface area contributed by atoms with E-state index < -0.39 is 7.52 Å². The van der Waals surface area contributed by atoms with E-state index in [1.54, 1.807) is 36.4 Å². The number of nitrogens with one attached hydrogen (secondary N) is 1. The molecule has 5 heteroatoms. The van der Waals surface area contributed by atoms with Crippen molar-refractivity contribution in [3.05, 3.63) is 108 Å². The van der Waals surface area contributed by atoms with Crippen molar-refractivity contribution in [2.75, 3.05) is 5.09 Å². The first-order valence-corrected chi connectivity index (χ1v) is 11.2. The molecule has 1 unspecified atom stereocenters. The predicted octanol–water partition coefficient (Wildman–Crippen LogP) is 6.91. The molecule has 4 nitrogen and oxygen atoms in total. The van der Waals surface area contributed by atoms with E-state index in [-0.39, 0.29) is 0 Å². The minimum Gasteiger partial charge on any atom is -0.426 e. The van der Waals surface area contributed by atoms with Crippen LogP contribution in [0.2, 0.25) is 0 Å². The largest absolute Gasteiger partial charge is 0.426 e. The molecule has 0 amide bonds. The van der Waals surface area contributed by atoms with Gasteiger partial charge in [-0.15, -0.1) is 0 Å². The van der Waals surface area contributed by atoms with Crippen LogP contribution in [0.15, 0.2) is 91.0 Å². The lowest BCUT2D eigenvalue weighted by Gasteiger charge is -2.29. The first-order valence-electron chi connectivity index (χ1n) is 9.54. The average molecular weight is 408 g/mol. The molecule has 0 bridgehead atoms. The van der Waals surface area contributed by atoms with Gasteiger partial charge in [-0.3, -0.25) is 0 Å². The molecule has 1 aliphatic heterocycles. The van der Waals surface area contributed by atoms with Crippen LogP contribution in [0.25, 0.3) is 22.2 Å². The Kier molecular flexibility index (Phi) is 4.39. The maximum absolute atomic E-state index is 14.2. The van der Waals surface area contributed by atoms with Crippen LogP contribution in [0.4, 0.5) is 5.69 Å². The maximum Gasteiger partial charge on any atom is 0.372 e. The van der Waals surface area contributed by atoms with Gasteiger partial charge >= 0.3 is 7.52 Å². The second-order valence-corrected chi connectivity index (χ2v) is 9.03. The fraction of sp³-hybridized carbons (Fsp3) is 0. The molecule has 5 rings (SSSR count). The third-order valence-corrected chi connectivity index (χ3v) is 7.12. The standard InChI is InChI=1S/C25H17N2O2P/c26-17-18-10-12-20(13-11-18)24-16-21-15-14-19-6-4-5-9-23(19)25(21)27-30(24,28)29-22-7-2-1-3-8-22/h1-16H,(H,27,28). The summed E-state index contributed by atoms with van der Waals surface area (Å²) < 4.78 is 20.3. The third-order valence-electron chi connectivity index (χ3n) is 5.12. The molecule has 4 aromatic carbocycles. The molecule has 0 saturated heterocycles. The Bertz CT molecular complexity index is 1370. The number of benzene rings is 4. The number of hydrogen-bond acceptors (Lipinski definition) is 3. The van der Waals surface area contributed by atoms with Crippen LogP contribution in [0.1, 0.15) is 16.7 Å². The molecule has 4 aromatic rings. The lowest BCUT2D eigenvalue weighted by atomic mass is 10.0. The predicted molar refractivity (Wildman–Crippen MR) is 121 cm³/mol. The van der Waals surface area contributed by atoms with Crippen LogP contribution < -0.4 is 9.61 Å². The van der Waals surface area contributed by atoms with E-state index in [9.17, 15) is 4.57 Å². The monoisotopic (exact) mass is 408 g/mol. The molecule has 1 atom stereocenters. The van der Waals surface area contributed by atoms with Gasteiger partial charge in [-0.25, -0.2) is 4.57 Å². The van der Waals surface area contributed by atoms with E-state index in [0.717, 1.165) is 27.6 Å². The van der Waals surface area contributed by atoms with Crippen molar-refractivity contribution in [1.29, 1.82) is 5.26 Å². The Labute approximate surface area is 174 Å². The van der Waals surface area contributed by atoms with Crippen molar-refractivity contribution >= 4 is 35.4 Å². The quantitative estimate of drug-likeness (QED) is 0.374. The minimum absolute atomic E-state index is 0.525. The SMILES string of the molecule is N#Cc1ccc(C2=Cc3ccc4ccccc4c3NP2(=O)Oc2ccccc2)cc1. The summed E-state index contributed by atoms with van der Waals surface area (Å²) >= 11 is 0. The topological polar surface area (TPSA) is 62.1 Å². The van der Waals surface area contributed by atoms with E-state index in [2.05, 4.69) is 17.2 Å². The first-order chi connectivity index (χ1) is 14.7. The lowest BCUT2D eigenvalue weighted by molar-refractivity contribution is 0.498. The highest BCUT2D eigenvalue weighted by Gasteiger charge is 2.36. The number of hydrogen-bond donors (Lipinski definition) is 1. The van der Waals surface area contributed by atoms with Gasteiger partial charge in [0.05, 0.1) is 22.6 Å². The molecule has 1 heterocycles. The maximum atomic E-state index is 14.2.